The molecule has 0 aliphatic heterocycles. The standard InChI is InChI=1S/C7H11N3O/c1-5-3-7(9-2)10(11)4-6(5)8/h3-4,9H,8H2,1-2H3. The van der Waals surface area contributed by atoms with E-state index < -0.39 is 0 Å². The Morgan fingerprint density at radius 1 is 1.64 bits per heavy atom. The number of pyridine rings is 1. The lowest BCUT2D eigenvalue weighted by Crippen LogP contribution is -2.30. The summed E-state index contributed by atoms with van der Waals surface area (Å²) in [5.74, 6) is 0.511. The summed E-state index contributed by atoms with van der Waals surface area (Å²) < 4.78 is 0.711. The Labute approximate surface area is 65.2 Å². The lowest BCUT2D eigenvalue weighted by molar-refractivity contribution is -0.589. The van der Waals surface area contributed by atoms with Crippen LogP contribution in [0.3, 0.4) is 0 Å². The van der Waals surface area contributed by atoms with Crippen LogP contribution in [0.5, 0.6) is 0 Å². The molecule has 4 heteroatoms. The Balaban J connectivity index is 3.21. The van der Waals surface area contributed by atoms with E-state index >= 15 is 0 Å². The van der Waals surface area contributed by atoms with Crippen molar-refractivity contribution in [3.05, 3.63) is 23.0 Å². The highest BCUT2D eigenvalue weighted by Crippen LogP contribution is 2.10. The molecule has 1 rings (SSSR count). The van der Waals surface area contributed by atoms with Crippen LogP contribution in [0, 0.1) is 12.1 Å². The van der Waals surface area contributed by atoms with Crippen molar-refractivity contribution in [1.82, 2.24) is 0 Å². The highest BCUT2D eigenvalue weighted by Gasteiger charge is 2.02. The van der Waals surface area contributed by atoms with Gasteiger partial charge in [0.1, 0.15) is 6.20 Å². The Morgan fingerprint density at radius 3 is 2.82 bits per heavy atom. The van der Waals surface area contributed by atoms with E-state index in [0.29, 0.717) is 16.2 Å². The van der Waals surface area contributed by atoms with Crippen LogP contribution in [0.1, 0.15) is 5.56 Å². The van der Waals surface area contributed by atoms with Gasteiger partial charge in [0.2, 0.25) is 0 Å². The molecular weight excluding hydrogens is 142 g/mol. The van der Waals surface area contributed by atoms with Crippen molar-refractivity contribution in [3.63, 3.8) is 0 Å². The maximum Gasteiger partial charge on any atom is 0.277 e. The molecule has 0 aliphatic carbocycles. The van der Waals surface area contributed by atoms with Crippen molar-refractivity contribution in [2.24, 2.45) is 0 Å². The van der Waals surface area contributed by atoms with E-state index in [0.717, 1.165) is 5.56 Å². The van der Waals surface area contributed by atoms with Crippen molar-refractivity contribution in [2.45, 2.75) is 6.92 Å². The second-order valence-electron chi connectivity index (χ2n) is 2.37. The van der Waals surface area contributed by atoms with E-state index in [2.05, 4.69) is 5.32 Å². The first-order valence-corrected chi connectivity index (χ1v) is 3.32. The number of rotatable bonds is 1. The van der Waals surface area contributed by atoms with Gasteiger partial charge in [0, 0.05) is 6.07 Å². The molecule has 1 aromatic rings. The molecular formula is C7H11N3O. The van der Waals surface area contributed by atoms with Gasteiger partial charge < -0.3 is 10.9 Å². The van der Waals surface area contributed by atoms with Crippen LogP contribution in [-0.2, 0) is 0 Å². The third-order valence-corrected chi connectivity index (χ3v) is 1.56. The van der Waals surface area contributed by atoms with Crippen molar-refractivity contribution in [2.75, 3.05) is 18.1 Å². The van der Waals surface area contributed by atoms with Gasteiger partial charge in [0.25, 0.3) is 5.82 Å². The molecule has 0 saturated carbocycles. The van der Waals surface area contributed by atoms with Crippen LogP contribution in [0.2, 0.25) is 0 Å². The van der Waals surface area contributed by atoms with Crippen LogP contribution in [0.15, 0.2) is 12.3 Å². The zero-order chi connectivity index (χ0) is 8.43. The maximum atomic E-state index is 11.0. The number of hydrogen-bond acceptors (Lipinski definition) is 3. The number of nitrogens with two attached hydrogens (primary N) is 1. The number of aromatic nitrogens is 1. The fourth-order valence-electron chi connectivity index (χ4n) is 0.832. The molecule has 0 fully saturated rings. The molecule has 60 valence electrons. The second kappa shape index (κ2) is 2.65. The molecule has 0 atom stereocenters. The van der Waals surface area contributed by atoms with Gasteiger partial charge in [-0.15, -0.1) is 0 Å². The fraction of sp³-hybridized carbons (Fsp3) is 0.286. The van der Waals surface area contributed by atoms with Gasteiger partial charge in [0.05, 0.1) is 12.7 Å². The van der Waals surface area contributed by atoms with E-state index in [1.165, 1.54) is 6.20 Å². The fourth-order valence-corrected chi connectivity index (χ4v) is 0.832. The monoisotopic (exact) mass is 153 g/mol. The molecule has 3 N–H and O–H groups in total. The smallest absolute Gasteiger partial charge is 0.277 e. The average molecular weight is 153 g/mol. The van der Waals surface area contributed by atoms with E-state index in [-0.39, 0.29) is 0 Å². The molecule has 1 heterocycles. The summed E-state index contributed by atoms with van der Waals surface area (Å²) in [6.07, 6.45) is 1.35. The predicted octanol–water partition coefficient (Wildman–Crippen LogP) is 0.252. The zero-order valence-corrected chi connectivity index (χ0v) is 6.59. The minimum absolute atomic E-state index is 0.511. The molecule has 0 aliphatic rings. The number of nitrogens with one attached hydrogen (secondary N) is 1. The highest BCUT2D eigenvalue weighted by atomic mass is 16.5. The third-order valence-electron chi connectivity index (χ3n) is 1.56. The van der Waals surface area contributed by atoms with Crippen LogP contribution < -0.4 is 15.8 Å². The summed E-state index contributed by atoms with van der Waals surface area (Å²) in [5.41, 5.74) is 6.91. The first kappa shape index (κ1) is 7.65. The Bertz CT molecular complexity index is 273. The number of nitrogen functional groups attached to an aromatic ring is 1. The number of hydrogen-bond donors (Lipinski definition) is 2. The van der Waals surface area contributed by atoms with Crippen LogP contribution in [-0.4, -0.2) is 7.05 Å². The molecule has 0 bridgehead atoms. The molecule has 4 nitrogen and oxygen atoms in total. The summed E-state index contributed by atoms with van der Waals surface area (Å²) >= 11 is 0. The Hall–Kier alpha value is -1.45. The summed E-state index contributed by atoms with van der Waals surface area (Å²) in [7, 11) is 1.69. The maximum absolute atomic E-state index is 11.0. The van der Waals surface area contributed by atoms with Gasteiger partial charge in [-0.2, -0.15) is 0 Å². The minimum atomic E-state index is 0.511. The minimum Gasteiger partial charge on any atom is -0.711 e. The van der Waals surface area contributed by atoms with Crippen LogP contribution in [0.4, 0.5) is 11.5 Å². The van der Waals surface area contributed by atoms with Crippen molar-refractivity contribution >= 4 is 11.5 Å². The molecule has 1 aromatic heterocycles. The Kier molecular flexibility index (Phi) is 1.85. The van der Waals surface area contributed by atoms with E-state index in [1.54, 1.807) is 13.1 Å². The van der Waals surface area contributed by atoms with Gasteiger partial charge in [-0.25, -0.2) is 4.73 Å². The SMILES string of the molecule is CNc1cc(C)c(N)c[n+]1[O-]. The van der Waals surface area contributed by atoms with Crippen molar-refractivity contribution in [3.8, 4) is 0 Å². The van der Waals surface area contributed by atoms with Crippen molar-refractivity contribution < 1.29 is 4.73 Å². The molecule has 0 saturated heterocycles. The average Bonchev–Trinajstić information content (AvgIpc) is 1.97. The van der Waals surface area contributed by atoms with Crippen LogP contribution >= 0.6 is 0 Å². The molecule has 0 unspecified atom stereocenters. The largest absolute Gasteiger partial charge is 0.711 e. The number of aryl methyl sites for hydroxylation is 1. The normalized spacial score (nSPS) is 9.64. The molecule has 0 amide bonds. The summed E-state index contributed by atoms with van der Waals surface area (Å²) in [6, 6.07) is 1.71. The van der Waals surface area contributed by atoms with Gasteiger partial charge in [-0.3, -0.25) is 5.32 Å². The molecule has 0 radical (unpaired) electrons. The quantitative estimate of drug-likeness (QED) is 0.449. The second-order valence-corrected chi connectivity index (χ2v) is 2.37. The summed E-state index contributed by atoms with van der Waals surface area (Å²) in [6.45, 7) is 1.86. The van der Waals surface area contributed by atoms with E-state index in [4.69, 9.17) is 5.73 Å². The molecule has 0 aromatic carbocycles. The van der Waals surface area contributed by atoms with Gasteiger partial charge in [-0.1, -0.05) is 0 Å². The van der Waals surface area contributed by atoms with E-state index in [9.17, 15) is 5.21 Å². The third kappa shape index (κ3) is 1.34. The van der Waals surface area contributed by atoms with Crippen molar-refractivity contribution in [1.29, 1.82) is 0 Å². The first-order valence-electron chi connectivity index (χ1n) is 3.32. The Morgan fingerprint density at radius 2 is 2.27 bits per heavy atom. The zero-order valence-electron chi connectivity index (χ0n) is 6.59. The first-order chi connectivity index (χ1) is 5.15. The number of anilines is 2. The molecule has 0 spiro atoms. The van der Waals surface area contributed by atoms with E-state index in [1.807, 2.05) is 6.92 Å². The highest BCUT2D eigenvalue weighted by molar-refractivity contribution is 5.47. The lowest BCUT2D eigenvalue weighted by atomic mass is 10.2. The van der Waals surface area contributed by atoms with Gasteiger partial charge >= 0.3 is 0 Å². The topological polar surface area (TPSA) is 65.0 Å². The lowest BCUT2D eigenvalue weighted by Gasteiger charge is -2.08. The molecule has 11 heavy (non-hydrogen) atoms. The summed E-state index contributed by atoms with van der Waals surface area (Å²) in [4.78, 5) is 0. The van der Waals surface area contributed by atoms with Crippen LogP contribution in [0.25, 0.3) is 0 Å². The van der Waals surface area contributed by atoms with Gasteiger partial charge in [0.15, 0.2) is 0 Å². The number of nitrogens with zero attached hydrogens (tertiary/aromatic N) is 1. The summed E-state index contributed by atoms with van der Waals surface area (Å²) in [5, 5.41) is 13.8. The predicted molar refractivity (Wildman–Crippen MR) is 44.1 cm³/mol. The van der Waals surface area contributed by atoms with Gasteiger partial charge in [-0.05, 0) is 12.5 Å².